The van der Waals surface area contributed by atoms with Gasteiger partial charge in [-0.2, -0.15) is 0 Å². The van der Waals surface area contributed by atoms with Gasteiger partial charge in [-0.05, 0) is 25.2 Å². The van der Waals surface area contributed by atoms with Gasteiger partial charge in [0.05, 0.1) is 0 Å². The molecule has 0 aromatic carbocycles. The minimum absolute atomic E-state index is 0.889. The predicted molar refractivity (Wildman–Crippen MR) is 36.3 cm³/mol. The molecule has 2 aliphatic heterocycles. The second kappa shape index (κ2) is 2.27. The van der Waals surface area contributed by atoms with E-state index in [2.05, 4.69) is 17.0 Å². The molecule has 2 unspecified atom stereocenters. The number of fused-ring (bicyclic) bond motifs is 2. The Kier molecular flexibility index (Phi) is 1.44. The molecule has 2 fully saturated rings. The Morgan fingerprint density at radius 1 is 1.44 bits per heavy atom. The van der Waals surface area contributed by atoms with Gasteiger partial charge < -0.3 is 0 Å². The smallest absolute Gasteiger partial charge is 0.0444 e. The summed E-state index contributed by atoms with van der Waals surface area (Å²) in [6, 6.07) is 0. The number of hydrazine groups is 1. The van der Waals surface area contributed by atoms with E-state index in [0.29, 0.717) is 0 Å². The van der Waals surface area contributed by atoms with Gasteiger partial charge in [-0.1, -0.05) is 0 Å². The van der Waals surface area contributed by atoms with E-state index in [-0.39, 0.29) is 0 Å². The van der Waals surface area contributed by atoms with E-state index < -0.39 is 0 Å². The average molecular weight is 125 g/mol. The van der Waals surface area contributed by atoms with Crippen LogP contribution in [0.25, 0.3) is 0 Å². The fraction of sp³-hybridized carbons (Fsp3) is 0.857. The minimum atomic E-state index is 0.889. The van der Waals surface area contributed by atoms with Crippen molar-refractivity contribution in [2.45, 2.75) is 19.3 Å². The van der Waals surface area contributed by atoms with Crippen molar-refractivity contribution in [1.29, 1.82) is 0 Å². The minimum Gasteiger partial charge on any atom is -0.255 e. The fourth-order valence-corrected chi connectivity index (χ4v) is 1.67. The van der Waals surface area contributed by atoms with Crippen LogP contribution >= 0.6 is 0 Å². The summed E-state index contributed by atoms with van der Waals surface area (Å²) in [4.78, 5) is 0. The lowest BCUT2D eigenvalue weighted by Gasteiger charge is -2.37. The van der Waals surface area contributed by atoms with Crippen molar-refractivity contribution in [3.63, 3.8) is 0 Å². The van der Waals surface area contributed by atoms with Crippen LogP contribution in [0, 0.1) is 12.5 Å². The summed E-state index contributed by atoms with van der Waals surface area (Å²) in [5.41, 5.74) is 3.33. The summed E-state index contributed by atoms with van der Waals surface area (Å²) in [5, 5.41) is 2.25. The molecule has 51 valence electrons. The molecule has 0 aliphatic carbocycles. The second-order valence-electron chi connectivity index (χ2n) is 2.94. The number of hydrogen-bond acceptors (Lipinski definition) is 2. The number of nitrogens with zero attached hydrogens (tertiary/aromatic N) is 1. The molecule has 0 saturated carbocycles. The summed E-state index contributed by atoms with van der Waals surface area (Å²) < 4.78 is 0. The van der Waals surface area contributed by atoms with Crippen LogP contribution in [0.4, 0.5) is 0 Å². The predicted octanol–water partition coefficient (Wildman–Crippen LogP) is 0.768. The van der Waals surface area contributed by atoms with Gasteiger partial charge >= 0.3 is 0 Å². The van der Waals surface area contributed by atoms with Gasteiger partial charge in [0.15, 0.2) is 0 Å². The maximum absolute atomic E-state index is 3.33. The second-order valence-corrected chi connectivity index (χ2v) is 2.94. The van der Waals surface area contributed by atoms with Gasteiger partial charge in [0, 0.05) is 19.6 Å². The van der Waals surface area contributed by atoms with E-state index >= 15 is 0 Å². The number of rotatable bonds is 0. The monoisotopic (exact) mass is 125 g/mol. The van der Waals surface area contributed by atoms with Gasteiger partial charge in [-0.3, -0.25) is 5.43 Å². The standard InChI is InChI=1S/C7H13N2/c1-2-7-3-4-8-9(5-1)6-7/h6-8H,1-5H2. The Morgan fingerprint density at radius 2 is 2.44 bits per heavy atom. The third kappa shape index (κ3) is 1.10. The normalized spacial score (nSPS) is 42.7. The molecule has 9 heavy (non-hydrogen) atoms. The van der Waals surface area contributed by atoms with Crippen molar-refractivity contribution in [3.8, 4) is 0 Å². The molecule has 0 amide bonds. The van der Waals surface area contributed by atoms with Crippen molar-refractivity contribution in [3.05, 3.63) is 6.54 Å². The summed E-state index contributed by atoms with van der Waals surface area (Å²) in [5.74, 6) is 0.889. The topological polar surface area (TPSA) is 15.3 Å². The molecule has 2 nitrogen and oxygen atoms in total. The van der Waals surface area contributed by atoms with E-state index in [4.69, 9.17) is 0 Å². The molecule has 1 radical (unpaired) electrons. The van der Waals surface area contributed by atoms with Crippen LogP contribution in [0.1, 0.15) is 19.3 Å². The highest BCUT2D eigenvalue weighted by Crippen LogP contribution is 2.24. The van der Waals surface area contributed by atoms with Gasteiger partial charge in [0.25, 0.3) is 0 Å². The van der Waals surface area contributed by atoms with Crippen LogP contribution in [0.5, 0.6) is 0 Å². The Morgan fingerprint density at radius 3 is 3.22 bits per heavy atom. The van der Waals surface area contributed by atoms with Gasteiger partial charge in [0.2, 0.25) is 0 Å². The lowest BCUT2D eigenvalue weighted by Crippen LogP contribution is -2.46. The zero-order chi connectivity index (χ0) is 6.10. The first-order valence-electron chi connectivity index (χ1n) is 3.80. The third-order valence-corrected chi connectivity index (χ3v) is 2.19. The van der Waals surface area contributed by atoms with Crippen LogP contribution in [0.15, 0.2) is 0 Å². The fourth-order valence-electron chi connectivity index (χ4n) is 1.67. The first-order chi connectivity index (χ1) is 4.45. The molecule has 0 spiro atoms. The third-order valence-electron chi connectivity index (χ3n) is 2.19. The van der Waals surface area contributed by atoms with Gasteiger partial charge in [-0.15, -0.1) is 0 Å². The molecule has 2 heterocycles. The summed E-state index contributed by atoms with van der Waals surface area (Å²) in [6.07, 6.45) is 4.13. The number of hydrogen-bond donors (Lipinski definition) is 1. The number of piperidine rings is 1. The van der Waals surface area contributed by atoms with Crippen molar-refractivity contribution < 1.29 is 0 Å². The molecule has 1 N–H and O–H groups in total. The average Bonchev–Trinajstić information content (AvgIpc) is 1.88. The largest absolute Gasteiger partial charge is 0.255 e. The molecule has 2 atom stereocenters. The molecule has 2 heteroatoms. The zero-order valence-corrected chi connectivity index (χ0v) is 5.64. The van der Waals surface area contributed by atoms with Crippen LogP contribution in [0.3, 0.4) is 0 Å². The number of nitrogens with one attached hydrogen (secondary N) is 1. The van der Waals surface area contributed by atoms with Crippen LogP contribution < -0.4 is 5.43 Å². The molecule has 0 aromatic rings. The van der Waals surface area contributed by atoms with Crippen molar-refractivity contribution >= 4 is 0 Å². The maximum Gasteiger partial charge on any atom is 0.0444 e. The lowest BCUT2D eigenvalue weighted by molar-refractivity contribution is 0.119. The van der Waals surface area contributed by atoms with Crippen molar-refractivity contribution in [2.24, 2.45) is 5.92 Å². The lowest BCUT2D eigenvalue weighted by atomic mass is 9.94. The highest BCUT2D eigenvalue weighted by molar-refractivity contribution is 4.84. The van der Waals surface area contributed by atoms with E-state index in [0.717, 1.165) is 5.92 Å². The van der Waals surface area contributed by atoms with Crippen LogP contribution in [0.2, 0.25) is 0 Å². The van der Waals surface area contributed by atoms with E-state index in [1.807, 2.05) is 0 Å². The summed E-state index contributed by atoms with van der Waals surface area (Å²) in [7, 11) is 0. The van der Waals surface area contributed by atoms with E-state index in [1.165, 1.54) is 32.4 Å². The molecule has 2 saturated heterocycles. The highest BCUT2D eigenvalue weighted by Gasteiger charge is 2.23. The van der Waals surface area contributed by atoms with Gasteiger partial charge in [0.1, 0.15) is 0 Å². The molecule has 0 aromatic heterocycles. The Bertz CT molecular complexity index is 83.1. The molecular formula is C7H13N2. The zero-order valence-electron chi connectivity index (χ0n) is 5.64. The molecule has 2 rings (SSSR count). The molecule has 2 aliphatic rings. The van der Waals surface area contributed by atoms with Crippen molar-refractivity contribution in [1.82, 2.24) is 10.4 Å². The van der Waals surface area contributed by atoms with Gasteiger partial charge in [-0.25, -0.2) is 5.01 Å². The first-order valence-corrected chi connectivity index (χ1v) is 3.80. The quantitative estimate of drug-likeness (QED) is 0.514. The van der Waals surface area contributed by atoms with E-state index in [1.54, 1.807) is 0 Å². The summed E-state index contributed by atoms with van der Waals surface area (Å²) in [6.45, 7) is 4.74. The maximum atomic E-state index is 3.33. The highest BCUT2D eigenvalue weighted by atomic mass is 15.5. The van der Waals surface area contributed by atoms with E-state index in [9.17, 15) is 0 Å². The van der Waals surface area contributed by atoms with Crippen LogP contribution in [-0.4, -0.2) is 18.1 Å². The SMILES string of the molecule is [CH]1C2CCCN1NCC2. The Balaban J connectivity index is 1.96. The molecular weight excluding hydrogens is 112 g/mol. The van der Waals surface area contributed by atoms with Crippen molar-refractivity contribution in [2.75, 3.05) is 13.1 Å². The van der Waals surface area contributed by atoms with Crippen LogP contribution in [-0.2, 0) is 0 Å². The first kappa shape index (κ1) is 5.69. The summed E-state index contributed by atoms with van der Waals surface area (Å²) >= 11 is 0. The Hall–Kier alpha value is -0.0800. The Labute approximate surface area is 56.2 Å². The molecule has 2 bridgehead atoms.